The molecule has 1 rings (SSSR count). The van der Waals surface area contributed by atoms with Crippen molar-refractivity contribution in [1.82, 2.24) is 10.6 Å². The zero-order valence-electron chi connectivity index (χ0n) is 13.0. The molecule has 0 saturated heterocycles. The molecule has 0 spiro atoms. The maximum atomic E-state index is 12.0. The van der Waals surface area contributed by atoms with E-state index >= 15 is 0 Å². The Morgan fingerprint density at radius 2 is 1.78 bits per heavy atom. The van der Waals surface area contributed by atoms with Gasteiger partial charge in [0.05, 0.1) is 0 Å². The zero-order valence-corrected chi connectivity index (χ0v) is 13.0. The standard InChI is InChI=1S/C15H20F3N3O2/c1-10(2)13(11-6-4-3-5-7-11)19-8-12(22)21-14(23)20-9-15(16,17)18/h3-7,10,13,19H,8-9H2,1-2H3,(H2,20,21,22,23)/p+1/t13-/m0/s1. The van der Waals surface area contributed by atoms with Crippen LogP contribution in [0.25, 0.3) is 0 Å². The van der Waals surface area contributed by atoms with Crippen molar-refractivity contribution in [2.24, 2.45) is 5.92 Å². The molecule has 1 aromatic carbocycles. The van der Waals surface area contributed by atoms with E-state index in [-0.39, 0.29) is 18.5 Å². The van der Waals surface area contributed by atoms with Crippen LogP contribution in [-0.4, -0.2) is 31.2 Å². The van der Waals surface area contributed by atoms with Gasteiger partial charge in [-0.25, -0.2) is 4.79 Å². The average Bonchev–Trinajstić information content (AvgIpc) is 2.45. The van der Waals surface area contributed by atoms with Gasteiger partial charge in [-0.05, 0) is 0 Å². The number of rotatable bonds is 6. The van der Waals surface area contributed by atoms with Crippen molar-refractivity contribution in [3.8, 4) is 0 Å². The minimum atomic E-state index is -4.51. The van der Waals surface area contributed by atoms with Gasteiger partial charge < -0.3 is 10.6 Å². The molecule has 0 bridgehead atoms. The van der Waals surface area contributed by atoms with Gasteiger partial charge in [-0.3, -0.25) is 10.1 Å². The van der Waals surface area contributed by atoms with Crippen LogP contribution in [0, 0.1) is 5.92 Å². The SMILES string of the molecule is CC(C)[C@H]([NH2+]CC(=O)NC(=O)NCC(F)(F)F)c1ccccc1. The van der Waals surface area contributed by atoms with E-state index in [2.05, 4.69) is 0 Å². The minimum absolute atomic E-state index is 0.0141. The second kappa shape index (κ2) is 8.52. The maximum Gasteiger partial charge on any atom is 0.405 e. The van der Waals surface area contributed by atoms with Gasteiger partial charge in [-0.1, -0.05) is 44.2 Å². The third-order valence-electron chi connectivity index (χ3n) is 3.16. The third-order valence-corrected chi connectivity index (χ3v) is 3.16. The third kappa shape index (κ3) is 7.64. The molecule has 23 heavy (non-hydrogen) atoms. The van der Waals surface area contributed by atoms with E-state index in [0.29, 0.717) is 0 Å². The van der Waals surface area contributed by atoms with E-state index in [1.165, 1.54) is 0 Å². The monoisotopic (exact) mass is 332 g/mol. The number of urea groups is 1. The number of carbonyl (C=O) groups is 2. The molecule has 0 aliphatic carbocycles. The molecule has 0 heterocycles. The predicted molar refractivity (Wildman–Crippen MR) is 78.4 cm³/mol. The van der Waals surface area contributed by atoms with Crippen molar-refractivity contribution in [2.75, 3.05) is 13.1 Å². The molecule has 0 saturated carbocycles. The summed E-state index contributed by atoms with van der Waals surface area (Å²) in [4.78, 5) is 22.8. The summed E-state index contributed by atoms with van der Waals surface area (Å²) in [5.74, 6) is -0.407. The number of imide groups is 1. The highest BCUT2D eigenvalue weighted by molar-refractivity contribution is 5.94. The Morgan fingerprint density at radius 3 is 2.30 bits per heavy atom. The molecule has 0 aliphatic heterocycles. The van der Waals surface area contributed by atoms with Crippen LogP contribution >= 0.6 is 0 Å². The fourth-order valence-corrected chi connectivity index (χ4v) is 2.10. The highest BCUT2D eigenvalue weighted by Crippen LogP contribution is 2.16. The first-order chi connectivity index (χ1) is 10.7. The van der Waals surface area contributed by atoms with Crippen LogP contribution in [0.4, 0.5) is 18.0 Å². The van der Waals surface area contributed by atoms with Crippen molar-refractivity contribution in [2.45, 2.75) is 26.1 Å². The van der Waals surface area contributed by atoms with Crippen molar-refractivity contribution < 1.29 is 28.1 Å². The Bertz CT molecular complexity index is 518. The van der Waals surface area contributed by atoms with Crippen molar-refractivity contribution in [3.05, 3.63) is 35.9 Å². The highest BCUT2D eigenvalue weighted by Gasteiger charge is 2.28. The van der Waals surface area contributed by atoms with E-state index in [9.17, 15) is 22.8 Å². The van der Waals surface area contributed by atoms with Crippen molar-refractivity contribution in [1.29, 1.82) is 0 Å². The number of halogens is 3. The minimum Gasteiger partial charge on any atom is -0.332 e. The lowest BCUT2D eigenvalue weighted by molar-refractivity contribution is -0.692. The van der Waals surface area contributed by atoms with Gasteiger partial charge in [0.2, 0.25) is 0 Å². The van der Waals surface area contributed by atoms with Gasteiger partial charge in [-0.15, -0.1) is 0 Å². The second-order valence-corrected chi connectivity index (χ2v) is 5.47. The molecular weight excluding hydrogens is 311 g/mol. The number of hydrogen-bond acceptors (Lipinski definition) is 2. The second-order valence-electron chi connectivity index (χ2n) is 5.47. The number of nitrogens with one attached hydrogen (secondary N) is 2. The van der Waals surface area contributed by atoms with Gasteiger partial charge in [0, 0.05) is 11.5 Å². The Balaban J connectivity index is 2.46. The van der Waals surface area contributed by atoms with Crippen molar-refractivity contribution in [3.63, 3.8) is 0 Å². The summed E-state index contributed by atoms with van der Waals surface area (Å²) in [5, 5.41) is 5.22. The predicted octanol–water partition coefficient (Wildman–Crippen LogP) is 1.34. The summed E-state index contributed by atoms with van der Waals surface area (Å²) in [5.41, 5.74) is 1.04. The number of amides is 3. The number of nitrogens with two attached hydrogens (primary N) is 1. The molecule has 5 nitrogen and oxygen atoms in total. The maximum absolute atomic E-state index is 12.0. The largest absolute Gasteiger partial charge is 0.405 e. The average molecular weight is 332 g/mol. The van der Waals surface area contributed by atoms with Crippen LogP contribution in [-0.2, 0) is 4.79 Å². The zero-order chi connectivity index (χ0) is 17.5. The molecule has 0 radical (unpaired) electrons. The fourth-order valence-electron chi connectivity index (χ4n) is 2.10. The van der Waals surface area contributed by atoms with Gasteiger partial charge in [0.1, 0.15) is 12.6 Å². The van der Waals surface area contributed by atoms with Crippen LogP contribution in [0.15, 0.2) is 30.3 Å². The van der Waals surface area contributed by atoms with Gasteiger partial charge in [-0.2, -0.15) is 13.2 Å². The molecule has 1 aromatic rings. The Hall–Kier alpha value is -2.09. The number of benzene rings is 1. The quantitative estimate of drug-likeness (QED) is 0.735. The molecule has 0 unspecified atom stereocenters. The van der Waals surface area contributed by atoms with Crippen LogP contribution < -0.4 is 16.0 Å². The lowest BCUT2D eigenvalue weighted by Crippen LogP contribution is -2.88. The highest BCUT2D eigenvalue weighted by atomic mass is 19.4. The molecular formula is C15H21F3N3O2+. The summed E-state index contributed by atoms with van der Waals surface area (Å²) in [7, 11) is 0. The van der Waals surface area contributed by atoms with Gasteiger partial charge in [0.15, 0.2) is 6.54 Å². The molecule has 3 amide bonds. The van der Waals surface area contributed by atoms with E-state index in [1.807, 2.05) is 49.5 Å². The first-order valence-corrected chi connectivity index (χ1v) is 7.21. The van der Waals surface area contributed by atoms with Crippen LogP contribution in [0.2, 0.25) is 0 Å². The van der Waals surface area contributed by atoms with E-state index in [0.717, 1.165) is 5.56 Å². The fraction of sp³-hybridized carbons (Fsp3) is 0.467. The first kappa shape index (κ1) is 19.0. The molecule has 0 aromatic heterocycles. The summed E-state index contributed by atoms with van der Waals surface area (Å²) in [6, 6.07) is 8.41. The van der Waals surface area contributed by atoms with E-state index in [1.54, 1.807) is 10.6 Å². The van der Waals surface area contributed by atoms with E-state index in [4.69, 9.17) is 0 Å². The normalized spacial score (nSPS) is 12.8. The number of alkyl halides is 3. The van der Waals surface area contributed by atoms with E-state index < -0.39 is 24.7 Å². The number of quaternary nitrogens is 1. The molecule has 0 aliphatic rings. The lowest BCUT2D eigenvalue weighted by atomic mass is 9.96. The molecule has 128 valence electrons. The summed E-state index contributed by atoms with van der Waals surface area (Å²) < 4.78 is 35.9. The van der Waals surface area contributed by atoms with Gasteiger partial charge >= 0.3 is 12.2 Å². The summed E-state index contributed by atoms with van der Waals surface area (Å²) >= 11 is 0. The Kier molecular flexibility index (Phi) is 7.02. The summed E-state index contributed by atoms with van der Waals surface area (Å²) in [6.07, 6.45) is -4.51. The molecule has 1 atom stereocenters. The number of hydrogen-bond donors (Lipinski definition) is 3. The molecule has 0 fully saturated rings. The van der Waals surface area contributed by atoms with Crippen LogP contribution in [0.1, 0.15) is 25.5 Å². The molecule has 4 N–H and O–H groups in total. The Morgan fingerprint density at radius 1 is 1.17 bits per heavy atom. The number of carbonyl (C=O) groups excluding carboxylic acids is 2. The van der Waals surface area contributed by atoms with Crippen molar-refractivity contribution >= 4 is 11.9 Å². The molecule has 8 heteroatoms. The smallest absolute Gasteiger partial charge is 0.332 e. The topological polar surface area (TPSA) is 74.8 Å². The Labute approximate surface area is 132 Å². The van der Waals surface area contributed by atoms with Crippen LogP contribution in [0.3, 0.4) is 0 Å². The summed E-state index contributed by atoms with van der Waals surface area (Å²) in [6.45, 7) is 2.47. The first-order valence-electron chi connectivity index (χ1n) is 7.21. The lowest BCUT2D eigenvalue weighted by Gasteiger charge is -2.19. The van der Waals surface area contributed by atoms with Crippen LogP contribution in [0.5, 0.6) is 0 Å². The van der Waals surface area contributed by atoms with Gasteiger partial charge in [0.25, 0.3) is 5.91 Å².